The molecule has 2 rings (SSSR count). The summed E-state index contributed by atoms with van der Waals surface area (Å²) >= 11 is 0. The van der Waals surface area contributed by atoms with Gasteiger partial charge >= 0.3 is 5.97 Å². The van der Waals surface area contributed by atoms with Crippen molar-refractivity contribution in [3.8, 4) is 0 Å². The van der Waals surface area contributed by atoms with E-state index in [-0.39, 0.29) is 5.69 Å². The smallest absolute Gasteiger partial charge is 0.307 e. The molecule has 1 saturated carbocycles. The van der Waals surface area contributed by atoms with Gasteiger partial charge in [-0.05, 0) is 37.5 Å². The number of aliphatic carboxylic acids is 1. The van der Waals surface area contributed by atoms with Crippen molar-refractivity contribution >= 4 is 17.6 Å². The number of nitrogens with one attached hydrogen (secondary N) is 1. The standard InChI is InChI=1S/C13H14FNO3/c1-7-2-5-11(10(14)6-7)15-12(16)8-3-4-9(8)13(17)18/h2,5-6,8-9H,3-4H2,1H3,(H,15,16)(H,17,18). The lowest BCUT2D eigenvalue weighted by Gasteiger charge is -2.31. The molecule has 1 fully saturated rings. The second-order valence-corrected chi connectivity index (χ2v) is 4.60. The maximum absolute atomic E-state index is 13.5. The number of benzene rings is 1. The van der Waals surface area contributed by atoms with Crippen LogP contribution >= 0.6 is 0 Å². The van der Waals surface area contributed by atoms with E-state index in [4.69, 9.17) is 5.11 Å². The molecule has 0 aromatic heterocycles. The van der Waals surface area contributed by atoms with Gasteiger partial charge in [-0.25, -0.2) is 4.39 Å². The van der Waals surface area contributed by atoms with Crippen LogP contribution in [0.1, 0.15) is 18.4 Å². The fourth-order valence-corrected chi connectivity index (χ4v) is 2.06. The number of aryl methyl sites for hydroxylation is 1. The molecule has 1 aliphatic carbocycles. The normalized spacial score (nSPS) is 22.1. The first kappa shape index (κ1) is 12.5. The summed E-state index contributed by atoms with van der Waals surface area (Å²) in [6.45, 7) is 1.75. The third kappa shape index (κ3) is 2.34. The Kier molecular flexibility index (Phi) is 3.32. The Morgan fingerprint density at radius 1 is 1.33 bits per heavy atom. The van der Waals surface area contributed by atoms with Crippen molar-refractivity contribution in [2.45, 2.75) is 19.8 Å². The Balaban J connectivity index is 2.05. The van der Waals surface area contributed by atoms with E-state index >= 15 is 0 Å². The molecule has 96 valence electrons. The predicted molar refractivity (Wildman–Crippen MR) is 63.6 cm³/mol. The third-order valence-corrected chi connectivity index (χ3v) is 3.31. The van der Waals surface area contributed by atoms with Gasteiger partial charge in [0.25, 0.3) is 0 Å². The van der Waals surface area contributed by atoms with Crippen molar-refractivity contribution in [2.24, 2.45) is 11.8 Å². The number of halogens is 1. The average Bonchev–Trinajstić information content (AvgIpc) is 2.19. The molecule has 2 unspecified atom stereocenters. The summed E-state index contributed by atoms with van der Waals surface area (Å²) < 4.78 is 13.5. The Morgan fingerprint density at radius 2 is 2.00 bits per heavy atom. The highest BCUT2D eigenvalue weighted by Crippen LogP contribution is 2.35. The van der Waals surface area contributed by atoms with Crippen LogP contribution in [-0.4, -0.2) is 17.0 Å². The molecule has 0 radical (unpaired) electrons. The molecule has 0 spiro atoms. The SMILES string of the molecule is Cc1ccc(NC(=O)C2CCC2C(=O)O)c(F)c1. The highest BCUT2D eigenvalue weighted by Gasteiger charge is 2.41. The van der Waals surface area contributed by atoms with Crippen molar-refractivity contribution in [1.82, 2.24) is 0 Å². The number of hydrogen-bond donors (Lipinski definition) is 2. The maximum atomic E-state index is 13.5. The van der Waals surface area contributed by atoms with Gasteiger partial charge in [-0.1, -0.05) is 6.07 Å². The number of hydrogen-bond acceptors (Lipinski definition) is 2. The van der Waals surface area contributed by atoms with E-state index in [1.807, 2.05) is 0 Å². The van der Waals surface area contributed by atoms with Crippen LogP contribution in [-0.2, 0) is 9.59 Å². The summed E-state index contributed by atoms with van der Waals surface area (Å²) in [5.41, 5.74) is 0.860. The molecule has 1 aliphatic rings. The number of amides is 1. The lowest BCUT2D eigenvalue weighted by molar-refractivity contribution is -0.151. The van der Waals surface area contributed by atoms with Gasteiger partial charge in [-0.2, -0.15) is 0 Å². The molecule has 1 aromatic carbocycles. The molecule has 18 heavy (non-hydrogen) atoms. The molecule has 4 nitrogen and oxygen atoms in total. The summed E-state index contributed by atoms with van der Waals surface area (Å²) in [5, 5.41) is 11.3. The van der Waals surface area contributed by atoms with Gasteiger partial charge in [0.2, 0.25) is 5.91 Å². The first-order valence-electron chi connectivity index (χ1n) is 5.79. The van der Waals surface area contributed by atoms with Crippen molar-refractivity contribution in [3.05, 3.63) is 29.6 Å². The minimum atomic E-state index is -0.967. The number of carbonyl (C=O) groups is 2. The van der Waals surface area contributed by atoms with Gasteiger partial charge in [0.05, 0.1) is 17.5 Å². The Hall–Kier alpha value is -1.91. The van der Waals surface area contributed by atoms with Crippen LogP contribution in [0.4, 0.5) is 10.1 Å². The van der Waals surface area contributed by atoms with Crippen LogP contribution in [0.15, 0.2) is 18.2 Å². The number of carboxylic acid groups (broad SMARTS) is 1. The molecule has 0 aliphatic heterocycles. The minimum absolute atomic E-state index is 0.0987. The van der Waals surface area contributed by atoms with E-state index in [2.05, 4.69) is 5.32 Å². The highest BCUT2D eigenvalue weighted by molar-refractivity contribution is 5.96. The van der Waals surface area contributed by atoms with Crippen molar-refractivity contribution < 1.29 is 19.1 Å². The number of rotatable bonds is 3. The maximum Gasteiger partial charge on any atom is 0.307 e. The van der Waals surface area contributed by atoms with Crippen LogP contribution in [0.2, 0.25) is 0 Å². The van der Waals surface area contributed by atoms with E-state index < -0.39 is 29.5 Å². The van der Waals surface area contributed by atoms with Gasteiger partial charge < -0.3 is 10.4 Å². The molecule has 0 heterocycles. The van der Waals surface area contributed by atoms with Crippen LogP contribution < -0.4 is 5.32 Å². The van der Waals surface area contributed by atoms with E-state index in [0.717, 1.165) is 5.56 Å². The largest absolute Gasteiger partial charge is 0.481 e. The zero-order chi connectivity index (χ0) is 13.3. The van der Waals surface area contributed by atoms with Crippen LogP contribution in [0.5, 0.6) is 0 Å². The fraction of sp³-hybridized carbons (Fsp3) is 0.385. The van der Waals surface area contributed by atoms with E-state index in [1.165, 1.54) is 12.1 Å². The average molecular weight is 251 g/mol. The fourth-order valence-electron chi connectivity index (χ4n) is 2.06. The first-order chi connectivity index (χ1) is 8.49. The highest BCUT2D eigenvalue weighted by atomic mass is 19.1. The van der Waals surface area contributed by atoms with Crippen LogP contribution in [0.3, 0.4) is 0 Å². The summed E-state index contributed by atoms with van der Waals surface area (Å²) in [4.78, 5) is 22.6. The quantitative estimate of drug-likeness (QED) is 0.865. The zero-order valence-electron chi connectivity index (χ0n) is 9.94. The summed E-state index contributed by atoms with van der Waals surface area (Å²) in [5.74, 6) is -3.08. The minimum Gasteiger partial charge on any atom is -0.481 e. The summed E-state index contributed by atoms with van der Waals surface area (Å²) in [6, 6.07) is 4.50. The van der Waals surface area contributed by atoms with Crippen LogP contribution in [0.25, 0.3) is 0 Å². The second-order valence-electron chi connectivity index (χ2n) is 4.60. The van der Waals surface area contributed by atoms with Gasteiger partial charge in [0.15, 0.2) is 0 Å². The molecule has 1 aromatic rings. The van der Waals surface area contributed by atoms with Crippen molar-refractivity contribution in [3.63, 3.8) is 0 Å². The Labute approximate surface area is 104 Å². The van der Waals surface area contributed by atoms with Gasteiger partial charge in [0.1, 0.15) is 5.82 Å². The van der Waals surface area contributed by atoms with Gasteiger partial charge in [0, 0.05) is 0 Å². The second kappa shape index (κ2) is 4.76. The van der Waals surface area contributed by atoms with Crippen molar-refractivity contribution in [1.29, 1.82) is 0 Å². The molecular formula is C13H14FNO3. The number of carbonyl (C=O) groups excluding carboxylic acids is 1. The predicted octanol–water partition coefficient (Wildman–Crippen LogP) is 2.18. The van der Waals surface area contributed by atoms with Crippen LogP contribution in [0, 0.1) is 24.6 Å². The molecule has 2 N–H and O–H groups in total. The monoisotopic (exact) mass is 251 g/mol. The van der Waals surface area contributed by atoms with Gasteiger partial charge in [-0.3, -0.25) is 9.59 Å². The molecule has 1 amide bonds. The van der Waals surface area contributed by atoms with Gasteiger partial charge in [-0.15, -0.1) is 0 Å². The lowest BCUT2D eigenvalue weighted by Crippen LogP contribution is -2.41. The number of carboxylic acids is 1. The molecular weight excluding hydrogens is 237 g/mol. The molecule has 2 atom stereocenters. The van der Waals surface area contributed by atoms with E-state index in [9.17, 15) is 14.0 Å². The first-order valence-corrected chi connectivity index (χ1v) is 5.79. The van der Waals surface area contributed by atoms with E-state index in [1.54, 1.807) is 13.0 Å². The van der Waals surface area contributed by atoms with E-state index in [0.29, 0.717) is 12.8 Å². The topological polar surface area (TPSA) is 66.4 Å². The number of anilines is 1. The molecule has 0 bridgehead atoms. The van der Waals surface area contributed by atoms with Crippen molar-refractivity contribution in [2.75, 3.05) is 5.32 Å². The third-order valence-electron chi connectivity index (χ3n) is 3.31. The summed E-state index contributed by atoms with van der Waals surface area (Å²) in [7, 11) is 0. The molecule has 5 heteroatoms. The lowest BCUT2D eigenvalue weighted by atomic mass is 9.73. The Bertz CT molecular complexity index is 501. The zero-order valence-corrected chi connectivity index (χ0v) is 9.94. The molecule has 0 saturated heterocycles. The summed E-state index contributed by atoms with van der Waals surface area (Å²) in [6.07, 6.45) is 1.04. The Morgan fingerprint density at radius 3 is 2.50 bits per heavy atom.